The quantitative estimate of drug-likeness (QED) is 0.562. The van der Waals surface area contributed by atoms with Crippen molar-refractivity contribution in [2.75, 3.05) is 0 Å². The SMILES string of the molecule is CCC[C@@H]1NC(=S)NC1=O. The van der Waals surface area contributed by atoms with Gasteiger partial charge in [0.2, 0.25) is 5.91 Å². The summed E-state index contributed by atoms with van der Waals surface area (Å²) in [6, 6.07) is -0.0856. The van der Waals surface area contributed by atoms with Gasteiger partial charge in [0.25, 0.3) is 0 Å². The molecule has 3 nitrogen and oxygen atoms in total. The number of rotatable bonds is 2. The molecule has 1 rings (SSSR count). The first-order valence-electron chi connectivity index (χ1n) is 3.35. The Labute approximate surface area is 65.2 Å². The number of carbonyl (C=O) groups is 1. The molecule has 1 fully saturated rings. The van der Waals surface area contributed by atoms with E-state index < -0.39 is 0 Å². The van der Waals surface area contributed by atoms with Gasteiger partial charge in [-0.05, 0) is 18.6 Å². The summed E-state index contributed by atoms with van der Waals surface area (Å²) in [5.41, 5.74) is 0. The molecule has 0 aliphatic carbocycles. The molecule has 0 aromatic heterocycles. The van der Waals surface area contributed by atoms with Crippen LogP contribution in [-0.2, 0) is 4.79 Å². The lowest BCUT2D eigenvalue weighted by Gasteiger charge is -2.02. The van der Waals surface area contributed by atoms with Crippen molar-refractivity contribution in [3.05, 3.63) is 0 Å². The minimum absolute atomic E-state index is 0.00634. The second-order valence-corrected chi connectivity index (χ2v) is 2.71. The van der Waals surface area contributed by atoms with E-state index >= 15 is 0 Å². The lowest BCUT2D eigenvalue weighted by atomic mass is 10.2. The molecule has 1 aliphatic heterocycles. The molecule has 0 unspecified atom stereocenters. The first kappa shape index (κ1) is 7.47. The van der Waals surface area contributed by atoms with E-state index in [4.69, 9.17) is 12.2 Å². The number of hydrogen-bond acceptors (Lipinski definition) is 2. The maximum Gasteiger partial charge on any atom is 0.248 e. The highest BCUT2D eigenvalue weighted by Crippen LogP contribution is 2.00. The Morgan fingerprint density at radius 1 is 1.70 bits per heavy atom. The van der Waals surface area contributed by atoms with Crippen LogP contribution in [0.5, 0.6) is 0 Å². The van der Waals surface area contributed by atoms with Gasteiger partial charge in [0, 0.05) is 0 Å². The van der Waals surface area contributed by atoms with Crippen molar-refractivity contribution in [3.8, 4) is 0 Å². The molecule has 1 saturated heterocycles. The van der Waals surface area contributed by atoms with E-state index in [1.165, 1.54) is 0 Å². The summed E-state index contributed by atoms with van der Waals surface area (Å²) in [5, 5.41) is 5.87. The van der Waals surface area contributed by atoms with Crippen molar-refractivity contribution < 1.29 is 4.79 Å². The molecule has 1 heterocycles. The van der Waals surface area contributed by atoms with Gasteiger partial charge in [-0.25, -0.2) is 0 Å². The van der Waals surface area contributed by atoms with Crippen LogP contribution in [0.1, 0.15) is 19.8 Å². The molecule has 1 amide bonds. The summed E-state index contributed by atoms with van der Waals surface area (Å²) in [4.78, 5) is 10.9. The first-order chi connectivity index (χ1) is 4.74. The highest BCUT2D eigenvalue weighted by Gasteiger charge is 2.25. The third kappa shape index (κ3) is 1.44. The van der Waals surface area contributed by atoms with Gasteiger partial charge < -0.3 is 10.6 Å². The predicted molar refractivity (Wildman–Crippen MR) is 42.6 cm³/mol. The number of hydrogen-bond donors (Lipinski definition) is 2. The van der Waals surface area contributed by atoms with Crippen molar-refractivity contribution >= 4 is 23.2 Å². The highest BCUT2D eigenvalue weighted by atomic mass is 32.1. The summed E-state index contributed by atoms with van der Waals surface area (Å²) >= 11 is 4.74. The fourth-order valence-corrected chi connectivity index (χ4v) is 1.19. The molecule has 0 saturated carbocycles. The molecule has 1 aliphatic rings. The van der Waals surface area contributed by atoms with Crippen LogP contribution in [0.2, 0.25) is 0 Å². The lowest BCUT2D eigenvalue weighted by Crippen LogP contribution is -2.28. The Balaban J connectivity index is 2.46. The largest absolute Gasteiger partial charge is 0.351 e. The number of amides is 1. The molecule has 0 spiro atoms. The van der Waals surface area contributed by atoms with E-state index in [-0.39, 0.29) is 11.9 Å². The molecule has 0 radical (unpaired) electrons. The van der Waals surface area contributed by atoms with Gasteiger partial charge in [-0.2, -0.15) is 0 Å². The first-order valence-corrected chi connectivity index (χ1v) is 3.76. The maximum atomic E-state index is 10.9. The molecule has 10 heavy (non-hydrogen) atoms. The molecule has 4 heteroatoms. The van der Waals surface area contributed by atoms with Crippen LogP contribution in [0.4, 0.5) is 0 Å². The minimum atomic E-state index is -0.0856. The molecule has 0 aromatic carbocycles. The number of carbonyl (C=O) groups excluding carboxylic acids is 1. The summed E-state index contributed by atoms with van der Waals surface area (Å²) < 4.78 is 0. The molecule has 0 bridgehead atoms. The summed E-state index contributed by atoms with van der Waals surface area (Å²) in [6.07, 6.45) is 1.85. The molecule has 1 atom stereocenters. The smallest absolute Gasteiger partial charge is 0.248 e. The Morgan fingerprint density at radius 2 is 2.40 bits per heavy atom. The van der Waals surface area contributed by atoms with Gasteiger partial charge >= 0.3 is 0 Å². The van der Waals surface area contributed by atoms with Crippen molar-refractivity contribution in [1.82, 2.24) is 10.6 Å². The van der Waals surface area contributed by atoms with Crippen LogP contribution in [0.15, 0.2) is 0 Å². The van der Waals surface area contributed by atoms with E-state index in [1.54, 1.807) is 0 Å². The van der Waals surface area contributed by atoms with Crippen LogP contribution < -0.4 is 10.6 Å². The van der Waals surface area contributed by atoms with Crippen LogP contribution in [-0.4, -0.2) is 17.1 Å². The van der Waals surface area contributed by atoms with Crippen LogP contribution in [0.3, 0.4) is 0 Å². The normalized spacial score (nSPS) is 24.3. The summed E-state index contributed by atoms with van der Waals surface area (Å²) in [7, 11) is 0. The Kier molecular flexibility index (Phi) is 2.21. The summed E-state index contributed by atoms with van der Waals surface area (Å²) in [5.74, 6) is 0.00634. The van der Waals surface area contributed by atoms with Crippen LogP contribution in [0.25, 0.3) is 0 Å². The zero-order valence-corrected chi connectivity index (χ0v) is 6.62. The minimum Gasteiger partial charge on any atom is -0.351 e. The monoisotopic (exact) mass is 158 g/mol. The molecule has 2 N–H and O–H groups in total. The van der Waals surface area contributed by atoms with E-state index in [2.05, 4.69) is 10.6 Å². The maximum absolute atomic E-state index is 10.9. The standard InChI is InChI=1S/C6H10N2OS/c1-2-3-4-5(9)8-6(10)7-4/h4H,2-3H2,1H3,(H2,7,8,9,10)/t4-/m0/s1. The van der Waals surface area contributed by atoms with Crippen molar-refractivity contribution in [1.29, 1.82) is 0 Å². The Morgan fingerprint density at radius 3 is 2.80 bits per heavy atom. The predicted octanol–water partition coefficient (Wildman–Crippen LogP) is 0.159. The second-order valence-electron chi connectivity index (χ2n) is 2.30. The third-order valence-corrected chi connectivity index (χ3v) is 1.66. The Hall–Kier alpha value is -0.640. The van der Waals surface area contributed by atoms with Gasteiger partial charge in [0.05, 0.1) is 0 Å². The second kappa shape index (κ2) is 2.96. The van der Waals surface area contributed by atoms with Gasteiger partial charge in [-0.15, -0.1) is 0 Å². The molecule has 0 aromatic rings. The lowest BCUT2D eigenvalue weighted by molar-refractivity contribution is -0.120. The third-order valence-electron chi connectivity index (χ3n) is 1.44. The Bertz CT molecular complexity index is 169. The zero-order chi connectivity index (χ0) is 7.56. The number of nitrogens with one attached hydrogen (secondary N) is 2. The molecular formula is C6H10N2OS. The van der Waals surface area contributed by atoms with Crippen molar-refractivity contribution in [2.24, 2.45) is 0 Å². The topological polar surface area (TPSA) is 41.1 Å². The van der Waals surface area contributed by atoms with E-state index in [0.29, 0.717) is 5.11 Å². The van der Waals surface area contributed by atoms with Crippen LogP contribution >= 0.6 is 12.2 Å². The van der Waals surface area contributed by atoms with Crippen molar-refractivity contribution in [3.63, 3.8) is 0 Å². The number of thiocarbonyl (C=S) groups is 1. The van der Waals surface area contributed by atoms with Gasteiger partial charge in [0.15, 0.2) is 5.11 Å². The molecule has 56 valence electrons. The van der Waals surface area contributed by atoms with Crippen molar-refractivity contribution in [2.45, 2.75) is 25.8 Å². The van der Waals surface area contributed by atoms with E-state index in [9.17, 15) is 4.79 Å². The van der Waals surface area contributed by atoms with Gasteiger partial charge in [-0.3, -0.25) is 4.79 Å². The summed E-state index contributed by atoms with van der Waals surface area (Å²) in [6.45, 7) is 2.04. The van der Waals surface area contributed by atoms with Crippen LogP contribution in [0, 0.1) is 0 Å². The average Bonchev–Trinajstić information content (AvgIpc) is 2.13. The van der Waals surface area contributed by atoms with Gasteiger partial charge in [0.1, 0.15) is 6.04 Å². The van der Waals surface area contributed by atoms with E-state index in [0.717, 1.165) is 12.8 Å². The zero-order valence-electron chi connectivity index (χ0n) is 5.81. The fourth-order valence-electron chi connectivity index (χ4n) is 0.951. The fraction of sp³-hybridized carbons (Fsp3) is 0.667. The van der Waals surface area contributed by atoms with Gasteiger partial charge in [-0.1, -0.05) is 13.3 Å². The highest BCUT2D eigenvalue weighted by molar-refractivity contribution is 7.80. The van der Waals surface area contributed by atoms with E-state index in [1.807, 2.05) is 6.92 Å². The molecular weight excluding hydrogens is 148 g/mol. The average molecular weight is 158 g/mol.